The van der Waals surface area contributed by atoms with Gasteiger partial charge in [0.15, 0.2) is 0 Å². The summed E-state index contributed by atoms with van der Waals surface area (Å²) in [5.41, 5.74) is 0.988. The molecule has 1 aromatic carbocycles. The van der Waals surface area contributed by atoms with E-state index in [2.05, 4.69) is 20.8 Å². The van der Waals surface area contributed by atoms with E-state index in [4.69, 9.17) is 0 Å². The van der Waals surface area contributed by atoms with Gasteiger partial charge in [0.2, 0.25) is 0 Å². The van der Waals surface area contributed by atoms with E-state index in [0.717, 1.165) is 24.9 Å². The van der Waals surface area contributed by atoms with E-state index >= 15 is 0 Å². The summed E-state index contributed by atoms with van der Waals surface area (Å²) in [6.07, 6.45) is 1.53. The summed E-state index contributed by atoms with van der Waals surface area (Å²) in [4.78, 5) is 12.5. The molecular weight excluding hydrogens is 300 g/mol. The summed E-state index contributed by atoms with van der Waals surface area (Å²) in [6, 6.07) is 4.97. The molecule has 1 N–H and O–H groups in total. The smallest absolute Gasteiger partial charge is 0.270 e. The third kappa shape index (κ3) is 3.51. The van der Waals surface area contributed by atoms with Crippen LogP contribution in [-0.4, -0.2) is 34.1 Å². The number of nitro benzene ring substituents is 1. The number of piperidine rings is 1. The fraction of sp³-hybridized carbons (Fsp3) is 0.500. The Balaban J connectivity index is 2.10. The number of likely N-dealkylation sites (tertiary alicyclic amines) is 1. The Morgan fingerprint density at radius 3 is 2.94 bits per heavy atom. The van der Waals surface area contributed by atoms with E-state index in [0.29, 0.717) is 17.6 Å². The van der Waals surface area contributed by atoms with Gasteiger partial charge in [-0.2, -0.15) is 0 Å². The van der Waals surface area contributed by atoms with E-state index in [-0.39, 0.29) is 16.7 Å². The minimum absolute atomic E-state index is 0.0944. The Kier molecular flexibility index (Phi) is 4.31. The second-order valence-corrected chi connectivity index (χ2v) is 5.52. The zero-order valence-electron chi connectivity index (χ0n) is 9.88. The number of nitrogens with zero attached hydrogens (tertiary/aromatic N) is 2. The maximum atomic E-state index is 10.8. The minimum atomic E-state index is -0.390. The van der Waals surface area contributed by atoms with Crippen LogP contribution >= 0.6 is 15.9 Å². The van der Waals surface area contributed by atoms with E-state index in [1.165, 1.54) is 6.07 Å². The summed E-state index contributed by atoms with van der Waals surface area (Å²) < 4.78 is 0.712. The number of halogens is 1. The quantitative estimate of drug-likeness (QED) is 0.686. The molecule has 98 valence electrons. The summed E-state index contributed by atoms with van der Waals surface area (Å²) in [5, 5.41) is 20.4. The summed E-state index contributed by atoms with van der Waals surface area (Å²) in [5.74, 6) is 0. The van der Waals surface area contributed by atoms with E-state index < -0.39 is 0 Å². The molecule has 0 bridgehead atoms. The second-order valence-electron chi connectivity index (χ2n) is 4.61. The van der Waals surface area contributed by atoms with Crippen molar-refractivity contribution < 1.29 is 10.0 Å². The number of benzene rings is 1. The Morgan fingerprint density at radius 1 is 1.50 bits per heavy atom. The molecule has 0 spiro atoms. The molecule has 1 heterocycles. The molecule has 0 saturated carbocycles. The Morgan fingerprint density at radius 2 is 2.28 bits per heavy atom. The van der Waals surface area contributed by atoms with Crippen LogP contribution in [0.3, 0.4) is 0 Å². The molecule has 1 saturated heterocycles. The van der Waals surface area contributed by atoms with Crippen LogP contribution in [0.15, 0.2) is 22.7 Å². The zero-order chi connectivity index (χ0) is 13.1. The van der Waals surface area contributed by atoms with Crippen molar-refractivity contribution in [2.24, 2.45) is 0 Å². The largest absolute Gasteiger partial charge is 0.392 e. The summed E-state index contributed by atoms with van der Waals surface area (Å²) in [6.45, 7) is 2.20. The maximum Gasteiger partial charge on any atom is 0.270 e. The Hall–Kier alpha value is -0.980. The van der Waals surface area contributed by atoms with Gasteiger partial charge in [-0.05, 0) is 31.0 Å². The van der Waals surface area contributed by atoms with Crippen molar-refractivity contribution in [1.82, 2.24) is 4.90 Å². The van der Waals surface area contributed by atoms with Gasteiger partial charge in [0.25, 0.3) is 5.69 Å². The predicted molar refractivity (Wildman–Crippen MR) is 71.3 cm³/mol. The highest BCUT2D eigenvalue weighted by Gasteiger charge is 2.18. The van der Waals surface area contributed by atoms with Crippen LogP contribution in [0, 0.1) is 10.1 Å². The summed E-state index contributed by atoms with van der Waals surface area (Å²) in [7, 11) is 0. The molecule has 1 aromatic rings. The lowest BCUT2D eigenvalue weighted by Gasteiger charge is -2.29. The second kappa shape index (κ2) is 5.77. The number of aliphatic hydroxyl groups is 1. The fourth-order valence-electron chi connectivity index (χ4n) is 2.26. The number of hydrogen-bond acceptors (Lipinski definition) is 4. The standard InChI is InChI=1S/C12H15BrN2O3/c13-10-4-9(5-11(6-10)15(17)18)7-14-3-1-2-12(16)8-14/h4-6,12,16H,1-3,7-8H2. The third-order valence-corrected chi connectivity index (χ3v) is 3.50. The van der Waals surface area contributed by atoms with Crippen LogP contribution < -0.4 is 0 Å². The molecule has 0 aromatic heterocycles. The Labute approximate surface area is 114 Å². The number of β-amino-alcohol motifs (C(OH)–C–C–N with tert-alkyl or cyclic N) is 1. The van der Waals surface area contributed by atoms with Gasteiger partial charge in [-0.25, -0.2) is 0 Å². The monoisotopic (exact) mass is 314 g/mol. The van der Waals surface area contributed by atoms with Gasteiger partial charge in [-0.3, -0.25) is 15.0 Å². The van der Waals surface area contributed by atoms with Gasteiger partial charge in [0.1, 0.15) is 0 Å². The molecule has 1 unspecified atom stereocenters. The SMILES string of the molecule is O=[N+]([O-])c1cc(Br)cc(CN2CCCC(O)C2)c1. The molecule has 5 nitrogen and oxygen atoms in total. The molecule has 2 rings (SSSR count). The molecule has 1 atom stereocenters. The molecular formula is C12H15BrN2O3. The first-order chi connectivity index (χ1) is 8.54. The Bertz CT molecular complexity index is 453. The average molecular weight is 315 g/mol. The highest BCUT2D eigenvalue weighted by atomic mass is 79.9. The van der Waals surface area contributed by atoms with Crippen LogP contribution in [-0.2, 0) is 6.54 Å². The highest BCUT2D eigenvalue weighted by Crippen LogP contribution is 2.23. The topological polar surface area (TPSA) is 66.6 Å². The molecule has 1 aliphatic heterocycles. The van der Waals surface area contributed by atoms with Crippen molar-refractivity contribution >= 4 is 21.6 Å². The van der Waals surface area contributed by atoms with Crippen molar-refractivity contribution in [3.05, 3.63) is 38.3 Å². The first kappa shape index (κ1) is 13.5. The molecule has 1 aliphatic rings. The zero-order valence-corrected chi connectivity index (χ0v) is 11.5. The fourth-order valence-corrected chi connectivity index (χ4v) is 2.79. The molecule has 1 fully saturated rings. The van der Waals surface area contributed by atoms with Gasteiger partial charge in [0.05, 0.1) is 11.0 Å². The molecule has 0 amide bonds. The summed E-state index contributed by atoms with van der Waals surface area (Å²) >= 11 is 3.29. The van der Waals surface area contributed by atoms with Crippen molar-refractivity contribution in [3.8, 4) is 0 Å². The normalized spacial score (nSPS) is 20.9. The first-order valence-electron chi connectivity index (χ1n) is 5.89. The maximum absolute atomic E-state index is 10.8. The van der Waals surface area contributed by atoms with E-state index in [1.807, 2.05) is 6.07 Å². The van der Waals surface area contributed by atoms with Crippen LogP contribution in [0.4, 0.5) is 5.69 Å². The average Bonchev–Trinajstić information content (AvgIpc) is 2.28. The molecule has 18 heavy (non-hydrogen) atoms. The number of aliphatic hydroxyl groups excluding tert-OH is 1. The number of non-ortho nitro benzene ring substituents is 1. The highest BCUT2D eigenvalue weighted by molar-refractivity contribution is 9.10. The van der Waals surface area contributed by atoms with E-state index in [9.17, 15) is 15.2 Å². The molecule has 6 heteroatoms. The van der Waals surface area contributed by atoms with Gasteiger partial charge in [-0.1, -0.05) is 15.9 Å². The lowest BCUT2D eigenvalue weighted by Crippen LogP contribution is -2.37. The lowest BCUT2D eigenvalue weighted by molar-refractivity contribution is -0.385. The lowest BCUT2D eigenvalue weighted by atomic mass is 10.1. The number of hydrogen-bond donors (Lipinski definition) is 1. The minimum Gasteiger partial charge on any atom is -0.392 e. The third-order valence-electron chi connectivity index (χ3n) is 3.04. The van der Waals surface area contributed by atoms with Gasteiger partial charge in [-0.15, -0.1) is 0 Å². The van der Waals surface area contributed by atoms with Crippen molar-refractivity contribution in [2.45, 2.75) is 25.5 Å². The van der Waals surface area contributed by atoms with E-state index in [1.54, 1.807) is 6.07 Å². The van der Waals surface area contributed by atoms with Gasteiger partial charge in [0, 0.05) is 29.7 Å². The van der Waals surface area contributed by atoms with Crippen molar-refractivity contribution in [1.29, 1.82) is 0 Å². The van der Waals surface area contributed by atoms with Crippen LogP contribution in [0.5, 0.6) is 0 Å². The van der Waals surface area contributed by atoms with Crippen LogP contribution in [0.1, 0.15) is 18.4 Å². The number of nitro groups is 1. The predicted octanol–water partition coefficient (Wildman–Crippen LogP) is 2.31. The molecule has 0 radical (unpaired) electrons. The van der Waals surface area contributed by atoms with Crippen molar-refractivity contribution in [3.63, 3.8) is 0 Å². The van der Waals surface area contributed by atoms with Crippen LogP contribution in [0.2, 0.25) is 0 Å². The van der Waals surface area contributed by atoms with Gasteiger partial charge < -0.3 is 5.11 Å². The van der Waals surface area contributed by atoms with Gasteiger partial charge >= 0.3 is 0 Å². The number of rotatable bonds is 3. The van der Waals surface area contributed by atoms with Crippen LogP contribution in [0.25, 0.3) is 0 Å². The first-order valence-corrected chi connectivity index (χ1v) is 6.68. The molecule has 0 aliphatic carbocycles. The van der Waals surface area contributed by atoms with Crippen molar-refractivity contribution in [2.75, 3.05) is 13.1 Å².